The third-order valence-electron chi connectivity index (χ3n) is 1.98. The van der Waals surface area contributed by atoms with Crippen LogP contribution in [0.5, 0.6) is 0 Å². The number of pyridine rings is 1. The van der Waals surface area contributed by atoms with E-state index in [0.29, 0.717) is 12.7 Å². The van der Waals surface area contributed by atoms with Crippen LogP contribution in [0.3, 0.4) is 0 Å². The van der Waals surface area contributed by atoms with Gasteiger partial charge in [-0.2, -0.15) is 0 Å². The molecule has 1 unspecified atom stereocenters. The van der Waals surface area contributed by atoms with Gasteiger partial charge in [-0.25, -0.2) is 0 Å². The van der Waals surface area contributed by atoms with E-state index in [9.17, 15) is 0 Å². The van der Waals surface area contributed by atoms with Gasteiger partial charge in [0.05, 0.1) is 12.7 Å². The van der Waals surface area contributed by atoms with Crippen LogP contribution in [-0.2, 0) is 11.3 Å². The lowest BCUT2D eigenvalue weighted by atomic mass is 10.2. The lowest BCUT2D eigenvalue weighted by molar-refractivity contribution is 0.0471. The Balaban J connectivity index is 2.27. The maximum atomic E-state index is 5.64. The predicted molar refractivity (Wildman–Crippen MR) is 53.4 cm³/mol. The Morgan fingerprint density at radius 1 is 1.38 bits per heavy atom. The molecule has 0 radical (unpaired) electrons. The Morgan fingerprint density at radius 2 is 2.08 bits per heavy atom. The molecule has 2 heteroatoms. The normalized spacial score (nSPS) is 12.8. The average Bonchev–Trinajstić information content (AvgIpc) is 2.17. The van der Waals surface area contributed by atoms with Gasteiger partial charge in [0.1, 0.15) is 0 Å². The Hall–Kier alpha value is -0.890. The molecule has 13 heavy (non-hydrogen) atoms. The third kappa shape index (κ3) is 4.04. The largest absolute Gasteiger partial charge is 0.374 e. The van der Waals surface area contributed by atoms with E-state index < -0.39 is 0 Å². The van der Waals surface area contributed by atoms with Crippen molar-refractivity contribution >= 4 is 0 Å². The van der Waals surface area contributed by atoms with E-state index in [1.165, 1.54) is 12.0 Å². The van der Waals surface area contributed by atoms with Gasteiger partial charge in [-0.15, -0.1) is 0 Å². The van der Waals surface area contributed by atoms with Gasteiger partial charge in [-0.05, 0) is 31.0 Å². The summed E-state index contributed by atoms with van der Waals surface area (Å²) < 4.78 is 5.64. The second kappa shape index (κ2) is 5.70. The lowest BCUT2D eigenvalue weighted by Crippen LogP contribution is -2.07. The maximum absolute atomic E-state index is 5.64. The van der Waals surface area contributed by atoms with Gasteiger partial charge < -0.3 is 4.74 Å². The molecule has 1 rings (SSSR count). The molecule has 2 nitrogen and oxygen atoms in total. The van der Waals surface area contributed by atoms with Crippen LogP contribution in [0.25, 0.3) is 0 Å². The van der Waals surface area contributed by atoms with Crippen LogP contribution in [0, 0.1) is 0 Å². The predicted octanol–water partition coefficient (Wildman–Crippen LogP) is 2.79. The third-order valence-corrected chi connectivity index (χ3v) is 1.98. The molecular weight excluding hydrogens is 162 g/mol. The molecule has 1 aromatic rings. The molecule has 0 aliphatic rings. The monoisotopic (exact) mass is 179 g/mol. The Bertz CT molecular complexity index is 223. The minimum Gasteiger partial charge on any atom is -0.374 e. The summed E-state index contributed by atoms with van der Waals surface area (Å²) >= 11 is 0. The molecule has 0 aromatic carbocycles. The van der Waals surface area contributed by atoms with E-state index >= 15 is 0 Å². The molecular formula is C11H17NO. The SMILES string of the molecule is CCCC(C)OCc1ccncc1. The van der Waals surface area contributed by atoms with E-state index in [4.69, 9.17) is 4.74 Å². The van der Waals surface area contributed by atoms with Crippen molar-refractivity contribution in [3.63, 3.8) is 0 Å². The molecule has 72 valence electrons. The van der Waals surface area contributed by atoms with Crippen molar-refractivity contribution in [1.82, 2.24) is 4.98 Å². The maximum Gasteiger partial charge on any atom is 0.0721 e. The second-order valence-corrected chi connectivity index (χ2v) is 3.27. The van der Waals surface area contributed by atoms with Crippen molar-refractivity contribution < 1.29 is 4.74 Å². The molecule has 0 aliphatic carbocycles. The van der Waals surface area contributed by atoms with Crippen LogP contribution < -0.4 is 0 Å². The van der Waals surface area contributed by atoms with Crippen LogP contribution in [0.15, 0.2) is 24.5 Å². The molecule has 1 aromatic heterocycles. The molecule has 1 heterocycles. The molecule has 0 spiro atoms. The van der Waals surface area contributed by atoms with Gasteiger partial charge in [-0.3, -0.25) is 4.98 Å². The number of nitrogens with zero attached hydrogens (tertiary/aromatic N) is 1. The Kier molecular flexibility index (Phi) is 4.47. The summed E-state index contributed by atoms with van der Waals surface area (Å²) in [7, 11) is 0. The van der Waals surface area contributed by atoms with Crippen molar-refractivity contribution in [3.8, 4) is 0 Å². The molecule has 0 aliphatic heterocycles. The lowest BCUT2D eigenvalue weighted by Gasteiger charge is -2.11. The van der Waals surface area contributed by atoms with E-state index in [1.54, 1.807) is 12.4 Å². The van der Waals surface area contributed by atoms with Gasteiger partial charge in [0.2, 0.25) is 0 Å². The summed E-state index contributed by atoms with van der Waals surface area (Å²) in [5.41, 5.74) is 1.19. The van der Waals surface area contributed by atoms with Crippen LogP contribution in [-0.4, -0.2) is 11.1 Å². The molecule has 0 bridgehead atoms. The fraction of sp³-hybridized carbons (Fsp3) is 0.545. The number of rotatable bonds is 5. The highest BCUT2D eigenvalue weighted by molar-refractivity contribution is 5.07. The van der Waals surface area contributed by atoms with Crippen LogP contribution >= 0.6 is 0 Å². The Labute approximate surface area is 80.0 Å². The number of hydrogen-bond donors (Lipinski definition) is 0. The van der Waals surface area contributed by atoms with Gasteiger partial charge in [-0.1, -0.05) is 13.3 Å². The first-order chi connectivity index (χ1) is 6.33. The van der Waals surface area contributed by atoms with Gasteiger partial charge in [0, 0.05) is 12.4 Å². The second-order valence-electron chi connectivity index (χ2n) is 3.27. The fourth-order valence-corrected chi connectivity index (χ4v) is 1.21. The minimum atomic E-state index is 0.359. The molecule has 0 saturated carbocycles. The highest BCUT2D eigenvalue weighted by atomic mass is 16.5. The summed E-state index contributed by atoms with van der Waals surface area (Å²) in [5.74, 6) is 0. The van der Waals surface area contributed by atoms with E-state index in [0.717, 1.165) is 6.42 Å². The summed E-state index contributed by atoms with van der Waals surface area (Å²) in [6, 6.07) is 3.97. The summed E-state index contributed by atoms with van der Waals surface area (Å²) in [5, 5.41) is 0. The molecule has 0 fully saturated rings. The zero-order valence-corrected chi connectivity index (χ0v) is 8.36. The topological polar surface area (TPSA) is 22.1 Å². The first-order valence-corrected chi connectivity index (χ1v) is 4.83. The number of hydrogen-bond acceptors (Lipinski definition) is 2. The smallest absolute Gasteiger partial charge is 0.0721 e. The highest BCUT2D eigenvalue weighted by Crippen LogP contribution is 2.05. The van der Waals surface area contributed by atoms with Gasteiger partial charge in [0.25, 0.3) is 0 Å². The molecule has 0 N–H and O–H groups in total. The van der Waals surface area contributed by atoms with E-state index in [-0.39, 0.29) is 0 Å². The fourth-order valence-electron chi connectivity index (χ4n) is 1.21. The van der Waals surface area contributed by atoms with Crippen LogP contribution in [0.4, 0.5) is 0 Å². The molecule has 0 amide bonds. The Morgan fingerprint density at radius 3 is 2.69 bits per heavy atom. The average molecular weight is 179 g/mol. The molecule has 1 atom stereocenters. The highest BCUT2D eigenvalue weighted by Gasteiger charge is 2.00. The summed E-state index contributed by atoms with van der Waals surface area (Å²) in [4.78, 5) is 3.95. The first-order valence-electron chi connectivity index (χ1n) is 4.83. The van der Waals surface area contributed by atoms with Gasteiger partial charge >= 0.3 is 0 Å². The summed E-state index contributed by atoms with van der Waals surface area (Å²) in [6.45, 7) is 4.99. The van der Waals surface area contributed by atoms with Crippen molar-refractivity contribution in [2.45, 2.75) is 39.4 Å². The number of aromatic nitrogens is 1. The van der Waals surface area contributed by atoms with Crippen molar-refractivity contribution in [1.29, 1.82) is 0 Å². The first kappa shape index (κ1) is 10.2. The molecule has 0 saturated heterocycles. The number of ether oxygens (including phenoxy) is 1. The van der Waals surface area contributed by atoms with Crippen LogP contribution in [0.1, 0.15) is 32.3 Å². The standard InChI is InChI=1S/C11H17NO/c1-3-4-10(2)13-9-11-5-7-12-8-6-11/h5-8,10H,3-4,9H2,1-2H3. The zero-order chi connectivity index (χ0) is 9.52. The quantitative estimate of drug-likeness (QED) is 0.693. The zero-order valence-electron chi connectivity index (χ0n) is 8.36. The van der Waals surface area contributed by atoms with Crippen molar-refractivity contribution in [3.05, 3.63) is 30.1 Å². The van der Waals surface area contributed by atoms with Crippen molar-refractivity contribution in [2.75, 3.05) is 0 Å². The van der Waals surface area contributed by atoms with Crippen LogP contribution in [0.2, 0.25) is 0 Å². The van der Waals surface area contributed by atoms with Crippen molar-refractivity contribution in [2.24, 2.45) is 0 Å². The van der Waals surface area contributed by atoms with E-state index in [2.05, 4.69) is 18.8 Å². The summed E-state index contributed by atoms with van der Waals surface area (Å²) in [6.07, 6.45) is 6.26. The van der Waals surface area contributed by atoms with Gasteiger partial charge in [0.15, 0.2) is 0 Å². The minimum absolute atomic E-state index is 0.359. The van der Waals surface area contributed by atoms with E-state index in [1.807, 2.05) is 12.1 Å².